The molecular weight excluding hydrogens is 477 g/mol. The van der Waals surface area contributed by atoms with Crippen molar-refractivity contribution in [2.75, 3.05) is 19.7 Å². The van der Waals surface area contributed by atoms with Gasteiger partial charge in [0.1, 0.15) is 12.4 Å². The van der Waals surface area contributed by atoms with E-state index in [2.05, 4.69) is 5.32 Å². The SMILES string of the molecule is CC.Cc1c(F)cc2nc3c(c4c2c1CCC4)Cn1c-3cc2c(c1=O)COC(=O)C2O.OCC1CNC1. The number of nitrogens with zero attached hydrogens (tertiary/aromatic N) is 2. The Morgan fingerprint density at radius 2 is 1.86 bits per heavy atom. The van der Waals surface area contributed by atoms with E-state index in [4.69, 9.17) is 14.8 Å². The first-order chi connectivity index (χ1) is 17.9. The number of aryl methyl sites for hydroxylation is 2. The molecule has 0 saturated carbocycles. The van der Waals surface area contributed by atoms with E-state index < -0.39 is 12.1 Å². The molecule has 4 aliphatic rings. The minimum atomic E-state index is -1.48. The average Bonchev–Trinajstić information content (AvgIpc) is 3.25. The summed E-state index contributed by atoms with van der Waals surface area (Å²) in [7, 11) is 0. The minimum Gasteiger partial charge on any atom is -0.458 e. The molecule has 1 atom stereocenters. The highest BCUT2D eigenvalue weighted by Gasteiger charge is 2.35. The molecule has 1 fully saturated rings. The molecule has 9 heteroatoms. The van der Waals surface area contributed by atoms with Crippen molar-refractivity contribution < 1.29 is 24.1 Å². The summed E-state index contributed by atoms with van der Waals surface area (Å²) in [6, 6.07) is 3.13. The van der Waals surface area contributed by atoms with Gasteiger partial charge in [0.05, 0.1) is 29.0 Å². The molecule has 1 aromatic carbocycles. The van der Waals surface area contributed by atoms with Gasteiger partial charge in [-0.3, -0.25) is 4.79 Å². The van der Waals surface area contributed by atoms with Crippen LogP contribution in [0.5, 0.6) is 0 Å². The van der Waals surface area contributed by atoms with E-state index in [1.165, 1.54) is 6.07 Å². The fourth-order valence-electron chi connectivity index (χ4n) is 5.54. The monoisotopic (exact) mass is 509 g/mol. The zero-order valence-corrected chi connectivity index (χ0v) is 21.4. The summed E-state index contributed by atoms with van der Waals surface area (Å²) in [5.41, 5.74) is 5.86. The summed E-state index contributed by atoms with van der Waals surface area (Å²) in [6.07, 6.45) is 1.12. The van der Waals surface area contributed by atoms with E-state index in [1.54, 1.807) is 17.6 Å². The lowest BCUT2D eigenvalue weighted by atomic mass is 9.85. The van der Waals surface area contributed by atoms with Crippen molar-refractivity contribution in [3.05, 3.63) is 61.7 Å². The van der Waals surface area contributed by atoms with E-state index >= 15 is 0 Å². The van der Waals surface area contributed by atoms with Gasteiger partial charge in [-0.05, 0) is 48.9 Å². The predicted molar refractivity (Wildman–Crippen MR) is 137 cm³/mol. The average molecular weight is 510 g/mol. The zero-order valence-electron chi connectivity index (χ0n) is 21.4. The van der Waals surface area contributed by atoms with Crippen LogP contribution in [0.1, 0.15) is 59.8 Å². The second-order valence-corrected chi connectivity index (χ2v) is 9.70. The molecule has 37 heavy (non-hydrogen) atoms. The number of benzene rings is 1. The topological polar surface area (TPSA) is 114 Å². The number of ether oxygens (including phenoxy) is 1. The number of cyclic esters (lactones) is 1. The van der Waals surface area contributed by atoms with E-state index in [1.807, 2.05) is 13.8 Å². The van der Waals surface area contributed by atoms with Crippen LogP contribution in [-0.2, 0) is 35.5 Å². The number of halogens is 1. The number of aromatic nitrogens is 2. The number of nitrogens with one attached hydrogen (secondary N) is 1. The van der Waals surface area contributed by atoms with Gasteiger partial charge in [-0.2, -0.15) is 0 Å². The molecule has 0 radical (unpaired) electrons. The van der Waals surface area contributed by atoms with E-state index in [-0.39, 0.29) is 23.5 Å². The van der Waals surface area contributed by atoms with Gasteiger partial charge in [0.2, 0.25) is 0 Å². The number of carbonyl (C=O) groups is 1. The molecule has 8 nitrogen and oxygen atoms in total. The quantitative estimate of drug-likeness (QED) is 0.338. The Bertz CT molecular complexity index is 1460. The molecule has 3 N–H and O–H groups in total. The third-order valence-corrected chi connectivity index (χ3v) is 7.66. The van der Waals surface area contributed by atoms with E-state index in [0.29, 0.717) is 47.1 Å². The van der Waals surface area contributed by atoms with Gasteiger partial charge < -0.3 is 24.8 Å². The van der Waals surface area contributed by atoms with Gasteiger partial charge in [-0.15, -0.1) is 0 Å². The van der Waals surface area contributed by atoms with Crippen molar-refractivity contribution in [1.82, 2.24) is 14.9 Å². The van der Waals surface area contributed by atoms with Crippen LogP contribution in [0.3, 0.4) is 0 Å². The summed E-state index contributed by atoms with van der Waals surface area (Å²) >= 11 is 0. The molecule has 0 spiro atoms. The molecule has 7 rings (SSSR count). The van der Waals surface area contributed by atoms with Gasteiger partial charge in [0.15, 0.2) is 6.10 Å². The summed E-state index contributed by atoms with van der Waals surface area (Å²) in [6.45, 7) is 8.42. The molecule has 196 valence electrons. The number of hydrogen-bond donors (Lipinski definition) is 3. The maximum Gasteiger partial charge on any atom is 0.340 e. The Balaban J connectivity index is 0.000000306. The molecule has 1 aliphatic carbocycles. The second-order valence-electron chi connectivity index (χ2n) is 9.70. The number of aliphatic hydroxyl groups excluding tert-OH is 2. The Labute approximate surface area is 214 Å². The molecule has 3 aliphatic heterocycles. The standard InChI is InChI=1S/C22H17FN2O4.C4H9NO.C2H6/c1-9-10-3-2-4-11-13-7-25-17(19(13)24-16(18(10)11)6-15(9)23)5-12-14(21(25)27)8-29-22(28)20(12)26;6-3-4-1-5-2-4;1-2/h5-6,20,26H,2-4,7-8H2,1H3;4-6H,1-3H2;1-2H3. The number of rotatable bonds is 1. The zero-order chi connectivity index (χ0) is 26.4. The number of aliphatic hydroxyl groups is 2. The molecule has 0 amide bonds. The first-order valence-corrected chi connectivity index (χ1v) is 13.0. The third kappa shape index (κ3) is 4.05. The van der Waals surface area contributed by atoms with Crippen LogP contribution in [0.25, 0.3) is 22.3 Å². The van der Waals surface area contributed by atoms with E-state index in [0.717, 1.165) is 54.4 Å². The number of esters is 1. The Hall–Kier alpha value is -3.14. The maximum absolute atomic E-state index is 14.5. The lowest BCUT2D eigenvalue weighted by molar-refractivity contribution is -0.157. The van der Waals surface area contributed by atoms with Crippen molar-refractivity contribution >= 4 is 16.9 Å². The van der Waals surface area contributed by atoms with Crippen molar-refractivity contribution in [2.45, 2.75) is 59.3 Å². The summed E-state index contributed by atoms with van der Waals surface area (Å²) in [5.74, 6) is -0.472. The first kappa shape index (κ1) is 25.5. The molecule has 0 bridgehead atoms. The Kier molecular flexibility index (Phi) is 6.87. The Morgan fingerprint density at radius 1 is 1.14 bits per heavy atom. The van der Waals surface area contributed by atoms with Crippen LogP contribution < -0.4 is 10.9 Å². The van der Waals surface area contributed by atoms with Crippen LogP contribution in [0.15, 0.2) is 16.9 Å². The van der Waals surface area contributed by atoms with Crippen molar-refractivity contribution in [3.63, 3.8) is 0 Å². The lowest BCUT2D eigenvalue weighted by Crippen LogP contribution is -2.43. The van der Waals surface area contributed by atoms with Crippen LogP contribution in [0.2, 0.25) is 0 Å². The summed E-state index contributed by atoms with van der Waals surface area (Å²) < 4.78 is 21.1. The van der Waals surface area contributed by atoms with E-state index in [9.17, 15) is 19.1 Å². The summed E-state index contributed by atoms with van der Waals surface area (Å²) in [5, 5.41) is 22.6. The van der Waals surface area contributed by atoms with Gasteiger partial charge in [0, 0.05) is 48.2 Å². The summed E-state index contributed by atoms with van der Waals surface area (Å²) in [4.78, 5) is 29.6. The highest BCUT2D eigenvalue weighted by Crippen LogP contribution is 2.41. The number of hydrogen-bond acceptors (Lipinski definition) is 7. The highest BCUT2D eigenvalue weighted by atomic mass is 19.1. The number of fused-ring (bicyclic) bond motifs is 5. The second kappa shape index (κ2) is 9.96. The normalized spacial score (nSPS) is 18.9. The fraction of sp³-hybridized carbons (Fsp3) is 0.464. The van der Waals surface area contributed by atoms with Gasteiger partial charge in [-0.25, -0.2) is 14.2 Å². The molecule has 1 saturated heterocycles. The molecule has 1 unspecified atom stereocenters. The van der Waals surface area contributed by atoms with Crippen LogP contribution in [0.4, 0.5) is 4.39 Å². The van der Waals surface area contributed by atoms with Gasteiger partial charge >= 0.3 is 5.97 Å². The smallest absolute Gasteiger partial charge is 0.340 e. The highest BCUT2D eigenvalue weighted by molar-refractivity contribution is 5.92. The maximum atomic E-state index is 14.5. The minimum absolute atomic E-state index is 0.141. The Morgan fingerprint density at radius 3 is 2.51 bits per heavy atom. The van der Waals surface area contributed by atoms with Crippen LogP contribution in [0, 0.1) is 18.7 Å². The fourth-order valence-corrected chi connectivity index (χ4v) is 5.54. The lowest BCUT2D eigenvalue weighted by Gasteiger charge is -2.24. The molecule has 2 aromatic heterocycles. The van der Waals surface area contributed by atoms with Crippen molar-refractivity contribution in [2.24, 2.45) is 5.92 Å². The van der Waals surface area contributed by atoms with Gasteiger partial charge in [-0.1, -0.05) is 13.8 Å². The first-order valence-electron chi connectivity index (χ1n) is 13.0. The van der Waals surface area contributed by atoms with Gasteiger partial charge in [0.25, 0.3) is 5.56 Å². The number of carbonyl (C=O) groups excluding carboxylic acids is 1. The van der Waals surface area contributed by atoms with Crippen LogP contribution >= 0.6 is 0 Å². The third-order valence-electron chi connectivity index (χ3n) is 7.66. The molecule has 5 heterocycles. The van der Waals surface area contributed by atoms with Crippen molar-refractivity contribution in [3.8, 4) is 11.4 Å². The molecular formula is C28H32FN3O5. The van der Waals surface area contributed by atoms with Crippen molar-refractivity contribution in [1.29, 1.82) is 0 Å². The number of pyridine rings is 2. The predicted octanol–water partition coefficient (Wildman–Crippen LogP) is 2.68. The van der Waals surface area contributed by atoms with Crippen LogP contribution in [-0.4, -0.2) is 45.4 Å². The molecule has 3 aromatic rings. The largest absolute Gasteiger partial charge is 0.458 e.